The van der Waals surface area contributed by atoms with Crippen LogP contribution in [0.1, 0.15) is 40.6 Å². The fraction of sp³-hybridized carbons (Fsp3) is 0.132. The Balaban J connectivity index is 0.000000236. The Morgan fingerprint density at radius 2 is 1.46 bits per heavy atom. The highest BCUT2D eigenvalue weighted by molar-refractivity contribution is 5.98. The Hall–Kier alpha value is -5.77. The predicted octanol–water partition coefficient (Wildman–Crippen LogP) is 9.71. The Morgan fingerprint density at radius 3 is 1.98 bits per heavy atom. The van der Waals surface area contributed by atoms with Gasteiger partial charge in [-0.25, -0.2) is 9.37 Å². The zero-order valence-corrected chi connectivity index (χ0v) is 26.1. The summed E-state index contributed by atoms with van der Waals surface area (Å²) in [4.78, 5) is 16.0. The van der Waals surface area contributed by atoms with E-state index in [0.29, 0.717) is 23.2 Å². The first-order chi connectivity index (χ1) is 23.0. The highest BCUT2D eigenvalue weighted by atomic mass is 19.4. The Kier molecular flexibility index (Phi) is 8.82. The number of carbonyl (C=O) groups excluding carboxylic acids is 1. The zero-order valence-electron chi connectivity index (χ0n) is 26.1. The molecule has 0 aliphatic rings. The van der Waals surface area contributed by atoms with Gasteiger partial charge in [0.15, 0.2) is 0 Å². The largest absolute Gasteiger partial charge is 0.453 e. The van der Waals surface area contributed by atoms with Crippen molar-refractivity contribution in [2.45, 2.75) is 32.9 Å². The van der Waals surface area contributed by atoms with E-state index in [2.05, 4.69) is 75.3 Å². The average molecular weight is 651 g/mol. The van der Waals surface area contributed by atoms with Crippen molar-refractivity contribution in [2.75, 3.05) is 0 Å². The van der Waals surface area contributed by atoms with Crippen LogP contribution in [0.25, 0.3) is 49.7 Å². The molecule has 0 saturated carbocycles. The van der Waals surface area contributed by atoms with Crippen LogP contribution in [0.2, 0.25) is 0 Å². The van der Waals surface area contributed by atoms with Gasteiger partial charge in [-0.1, -0.05) is 67.0 Å². The predicted molar refractivity (Wildman–Crippen MR) is 178 cm³/mol. The van der Waals surface area contributed by atoms with Crippen LogP contribution in [0.5, 0.6) is 0 Å². The second kappa shape index (κ2) is 13.2. The molecule has 0 bridgehead atoms. The van der Waals surface area contributed by atoms with Gasteiger partial charge >= 0.3 is 6.18 Å². The molecule has 1 amide bonds. The number of nitrogens with two attached hydrogens (primary N) is 1. The summed E-state index contributed by atoms with van der Waals surface area (Å²) in [5, 5.41) is 8.86. The number of primary amides is 1. The molecule has 0 fully saturated rings. The molecule has 6 nitrogen and oxygen atoms in total. The topological polar surface area (TPSA) is 86.9 Å². The number of aromatic nitrogens is 3. The van der Waals surface area contributed by atoms with E-state index >= 15 is 0 Å². The van der Waals surface area contributed by atoms with Crippen LogP contribution in [0.3, 0.4) is 0 Å². The number of carbonyl (C=O) groups is 1. The number of amides is 1. The minimum absolute atomic E-state index is 0.0213. The highest BCUT2D eigenvalue weighted by Crippen LogP contribution is 2.42. The summed E-state index contributed by atoms with van der Waals surface area (Å²) < 4.78 is 60.8. The van der Waals surface area contributed by atoms with E-state index in [1.165, 1.54) is 46.2 Å². The van der Waals surface area contributed by atoms with E-state index in [4.69, 9.17) is 5.73 Å². The number of imidazole rings is 1. The van der Waals surface area contributed by atoms with Crippen LogP contribution >= 0.6 is 0 Å². The van der Waals surface area contributed by atoms with Gasteiger partial charge < -0.3 is 14.8 Å². The molecular weight excluding hydrogens is 620 g/mol. The number of rotatable bonds is 6. The van der Waals surface area contributed by atoms with Crippen molar-refractivity contribution in [3.05, 3.63) is 138 Å². The standard InChI is InChI=1S/C24H20F4N4O2.C14H10/c1-3-4-16-13(2)17(23(29)33)9-10-19(16)32-11-18(30-12-32)20-21(14-5-7-15(25)8-6-14)31-34-22(20)24(26,27)28;1-2-6-12-10-14-8-4-3-7-13(14)9-11(12)5-1/h5-12H,3-4H2,1-2H3,(H2,29,33);1-10H. The highest BCUT2D eigenvalue weighted by Gasteiger charge is 2.41. The van der Waals surface area contributed by atoms with Gasteiger partial charge in [-0.3, -0.25) is 4.79 Å². The molecule has 7 aromatic rings. The molecule has 0 spiro atoms. The summed E-state index contributed by atoms with van der Waals surface area (Å²) in [7, 11) is 0. The summed E-state index contributed by atoms with van der Waals surface area (Å²) in [5.41, 5.74) is 7.83. The molecule has 2 N–H and O–H groups in total. The first-order valence-corrected chi connectivity index (χ1v) is 15.2. The van der Waals surface area contributed by atoms with Crippen LogP contribution in [0.4, 0.5) is 17.6 Å². The third-order valence-electron chi connectivity index (χ3n) is 8.14. The lowest BCUT2D eigenvalue weighted by molar-refractivity contribution is -0.154. The summed E-state index contributed by atoms with van der Waals surface area (Å²) in [6.07, 6.45) is -0.604. The number of benzene rings is 5. The molecule has 7 rings (SSSR count). The number of hydrogen-bond donors (Lipinski definition) is 1. The van der Waals surface area contributed by atoms with Crippen molar-refractivity contribution >= 4 is 27.5 Å². The lowest BCUT2D eigenvalue weighted by atomic mass is 9.96. The summed E-state index contributed by atoms with van der Waals surface area (Å²) >= 11 is 0. The average Bonchev–Trinajstić information content (AvgIpc) is 3.73. The fourth-order valence-corrected chi connectivity index (χ4v) is 5.81. The second-order valence-electron chi connectivity index (χ2n) is 11.3. The number of hydrogen-bond acceptors (Lipinski definition) is 4. The number of alkyl halides is 3. The molecule has 10 heteroatoms. The van der Waals surface area contributed by atoms with Crippen molar-refractivity contribution in [3.63, 3.8) is 0 Å². The Morgan fingerprint density at radius 1 is 0.875 bits per heavy atom. The molecule has 242 valence electrons. The van der Waals surface area contributed by atoms with Gasteiger partial charge in [0.25, 0.3) is 0 Å². The smallest absolute Gasteiger partial charge is 0.366 e. The summed E-state index contributed by atoms with van der Waals surface area (Å²) in [6, 6.07) is 29.6. The quantitative estimate of drug-likeness (QED) is 0.143. The molecule has 0 unspecified atom stereocenters. The van der Waals surface area contributed by atoms with E-state index in [1.54, 1.807) is 23.6 Å². The SMILES string of the molecule is CCCc1c(-n2cnc(-c3c(-c4ccc(F)cc4)noc3C(F)(F)F)c2)ccc(C(N)=O)c1C.c1ccc2cc3ccccc3cc2c1. The third kappa shape index (κ3) is 6.42. The van der Waals surface area contributed by atoms with E-state index in [1.807, 2.05) is 6.92 Å². The first-order valence-electron chi connectivity index (χ1n) is 15.2. The van der Waals surface area contributed by atoms with Crippen LogP contribution in [0, 0.1) is 12.7 Å². The van der Waals surface area contributed by atoms with Crippen molar-refractivity contribution in [1.29, 1.82) is 0 Å². The van der Waals surface area contributed by atoms with Crippen LogP contribution in [-0.4, -0.2) is 20.6 Å². The van der Waals surface area contributed by atoms with Crippen molar-refractivity contribution in [3.8, 4) is 28.2 Å². The van der Waals surface area contributed by atoms with Gasteiger partial charge in [0.05, 0.1) is 17.6 Å². The molecule has 0 atom stereocenters. The molecule has 0 saturated heterocycles. The van der Waals surface area contributed by atoms with Gasteiger partial charge in [-0.2, -0.15) is 13.2 Å². The van der Waals surface area contributed by atoms with E-state index in [0.717, 1.165) is 24.1 Å². The lowest BCUT2D eigenvalue weighted by Crippen LogP contribution is -2.15. The van der Waals surface area contributed by atoms with Gasteiger partial charge in [0.2, 0.25) is 11.7 Å². The zero-order chi connectivity index (χ0) is 34.0. The first kappa shape index (κ1) is 32.2. The molecule has 5 aromatic carbocycles. The van der Waals surface area contributed by atoms with Crippen molar-refractivity contribution in [1.82, 2.24) is 14.7 Å². The van der Waals surface area contributed by atoms with E-state index in [9.17, 15) is 22.4 Å². The second-order valence-corrected chi connectivity index (χ2v) is 11.3. The van der Waals surface area contributed by atoms with Gasteiger partial charge in [-0.05, 0) is 94.5 Å². The molecular formula is C38H30F4N4O2. The maximum absolute atomic E-state index is 13.7. The lowest BCUT2D eigenvalue weighted by Gasteiger charge is -2.15. The molecule has 0 aliphatic carbocycles. The van der Waals surface area contributed by atoms with E-state index in [-0.39, 0.29) is 22.5 Å². The van der Waals surface area contributed by atoms with Crippen LogP contribution in [0.15, 0.2) is 114 Å². The summed E-state index contributed by atoms with van der Waals surface area (Å²) in [6.45, 7) is 3.75. The van der Waals surface area contributed by atoms with Crippen LogP contribution < -0.4 is 5.73 Å². The van der Waals surface area contributed by atoms with Gasteiger partial charge in [0, 0.05) is 23.0 Å². The Labute approximate surface area is 273 Å². The number of fused-ring (bicyclic) bond motifs is 2. The molecule has 2 aromatic heterocycles. The van der Waals surface area contributed by atoms with E-state index < -0.39 is 23.7 Å². The molecule has 0 aliphatic heterocycles. The van der Waals surface area contributed by atoms with Crippen LogP contribution in [-0.2, 0) is 12.6 Å². The van der Waals surface area contributed by atoms with Gasteiger partial charge in [0.1, 0.15) is 11.5 Å². The fourth-order valence-electron chi connectivity index (χ4n) is 5.81. The maximum Gasteiger partial charge on any atom is 0.453 e. The third-order valence-corrected chi connectivity index (χ3v) is 8.14. The minimum Gasteiger partial charge on any atom is -0.366 e. The van der Waals surface area contributed by atoms with Crippen molar-refractivity contribution < 1.29 is 26.9 Å². The molecule has 2 heterocycles. The number of halogens is 4. The normalized spacial score (nSPS) is 11.5. The molecule has 0 radical (unpaired) electrons. The Bertz CT molecular complexity index is 2150. The van der Waals surface area contributed by atoms with Gasteiger partial charge in [-0.15, -0.1) is 0 Å². The monoisotopic (exact) mass is 650 g/mol. The number of nitrogens with zero attached hydrogens (tertiary/aromatic N) is 3. The minimum atomic E-state index is -4.82. The molecule has 48 heavy (non-hydrogen) atoms. The van der Waals surface area contributed by atoms with Crippen molar-refractivity contribution in [2.24, 2.45) is 5.73 Å². The summed E-state index contributed by atoms with van der Waals surface area (Å²) in [5.74, 6) is -2.39. The maximum atomic E-state index is 13.7.